The zero-order valence-electron chi connectivity index (χ0n) is 7.31. The highest BCUT2D eigenvalue weighted by molar-refractivity contribution is 9.10. The Morgan fingerprint density at radius 2 is 2.29 bits per heavy atom. The van der Waals surface area contributed by atoms with Crippen molar-refractivity contribution in [3.05, 3.63) is 14.7 Å². The molecule has 0 aliphatic carbocycles. The number of nitrogens with zero attached hydrogens (tertiary/aromatic N) is 5. The second-order valence-electron chi connectivity index (χ2n) is 2.61. The third-order valence-corrected chi connectivity index (χ3v) is 2.91. The van der Waals surface area contributed by atoms with Crippen LogP contribution in [0.2, 0.25) is 0 Å². The van der Waals surface area contributed by atoms with Gasteiger partial charge in [0.25, 0.3) is 0 Å². The van der Waals surface area contributed by atoms with Crippen molar-refractivity contribution in [3.8, 4) is 0 Å². The van der Waals surface area contributed by atoms with Gasteiger partial charge in [-0.1, -0.05) is 11.3 Å². The molecule has 0 saturated carbocycles. The molecule has 0 radical (unpaired) electrons. The van der Waals surface area contributed by atoms with Gasteiger partial charge in [0.1, 0.15) is 10.0 Å². The normalized spacial score (nSPS) is 10.7. The summed E-state index contributed by atoms with van der Waals surface area (Å²) >= 11 is 4.78. The highest BCUT2D eigenvalue weighted by Crippen LogP contribution is 2.13. The predicted molar refractivity (Wildman–Crippen MR) is 55.9 cm³/mol. The summed E-state index contributed by atoms with van der Waals surface area (Å²) in [6.07, 6.45) is 0. The summed E-state index contributed by atoms with van der Waals surface area (Å²) < 4.78 is 2.23. The first-order valence-corrected chi connectivity index (χ1v) is 5.41. The van der Waals surface area contributed by atoms with Gasteiger partial charge in [0, 0.05) is 0 Å². The molecule has 0 aromatic carbocycles. The minimum atomic E-state index is 0.248. The fraction of sp³-hybridized carbons (Fsp3) is 0.333. The molecule has 0 aliphatic rings. The van der Waals surface area contributed by atoms with Gasteiger partial charge < -0.3 is 5.73 Å². The Kier molecular flexibility index (Phi) is 2.46. The van der Waals surface area contributed by atoms with Gasteiger partial charge in [-0.15, -0.1) is 15.3 Å². The van der Waals surface area contributed by atoms with Gasteiger partial charge in [-0.2, -0.15) is 4.98 Å². The van der Waals surface area contributed by atoms with E-state index >= 15 is 0 Å². The van der Waals surface area contributed by atoms with E-state index < -0.39 is 0 Å². The molecule has 2 aromatic heterocycles. The van der Waals surface area contributed by atoms with Gasteiger partial charge in [-0.05, 0) is 22.9 Å². The molecule has 0 unspecified atom stereocenters. The first kappa shape index (κ1) is 9.53. The van der Waals surface area contributed by atoms with E-state index in [4.69, 9.17) is 5.73 Å². The number of aryl methyl sites for hydroxylation is 1. The molecule has 0 bridgehead atoms. The lowest BCUT2D eigenvalue weighted by Crippen LogP contribution is -2.02. The monoisotopic (exact) mass is 274 g/mol. The van der Waals surface area contributed by atoms with Gasteiger partial charge in [-0.3, -0.25) is 0 Å². The number of nitrogens with two attached hydrogens (primary N) is 1. The van der Waals surface area contributed by atoms with Crippen LogP contribution in [0.4, 0.5) is 5.95 Å². The Morgan fingerprint density at radius 3 is 2.79 bits per heavy atom. The van der Waals surface area contributed by atoms with Crippen molar-refractivity contribution in [2.75, 3.05) is 5.73 Å². The quantitative estimate of drug-likeness (QED) is 0.877. The lowest BCUT2D eigenvalue weighted by atomic mass is 10.7. The highest BCUT2D eigenvalue weighted by Gasteiger charge is 2.07. The molecule has 0 saturated heterocycles. The number of aromatic nitrogens is 5. The van der Waals surface area contributed by atoms with Crippen LogP contribution in [0.15, 0.2) is 4.73 Å². The fourth-order valence-corrected chi connectivity index (χ4v) is 2.05. The number of hydrogen-bond donors (Lipinski definition) is 1. The third kappa shape index (κ3) is 1.90. The van der Waals surface area contributed by atoms with E-state index in [1.54, 1.807) is 4.68 Å². The van der Waals surface area contributed by atoms with Gasteiger partial charge in [0.2, 0.25) is 5.95 Å². The average Bonchev–Trinajstić information content (AvgIpc) is 2.61. The molecule has 2 heterocycles. The smallest absolute Gasteiger partial charge is 0.240 e. The van der Waals surface area contributed by atoms with Crippen molar-refractivity contribution in [2.24, 2.45) is 0 Å². The molecule has 0 atom stereocenters. The van der Waals surface area contributed by atoms with E-state index in [0.717, 1.165) is 10.0 Å². The van der Waals surface area contributed by atoms with Crippen LogP contribution in [0, 0.1) is 6.92 Å². The summed E-state index contributed by atoms with van der Waals surface area (Å²) in [4.78, 5) is 3.92. The third-order valence-electron chi connectivity index (χ3n) is 1.50. The lowest BCUT2D eigenvalue weighted by molar-refractivity contribution is 0.661. The fourth-order valence-electron chi connectivity index (χ4n) is 0.970. The van der Waals surface area contributed by atoms with Crippen molar-refractivity contribution >= 4 is 33.2 Å². The molecular weight excluding hydrogens is 268 g/mol. The number of nitrogen functional groups attached to an aromatic ring is 1. The zero-order chi connectivity index (χ0) is 10.1. The maximum atomic E-state index is 5.43. The number of rotatable bonds is 2. The standard InChI is InChI=1S/C6H7BrN6S/c1-3-10-11-4(14-3)2-13-5(7)9-6(8)12-13/h2H2,1H3,(H2,8,12). The molecule has 2 rings (SSSR count). The summed E-state index contributed by atoms with van der Waals surface area (Å²) in [5.74, 6) is 0.248. The predicted octanol–water partition coefficient (Wildman–Crippen LogP) is 0.831. The Balaban J connectivity index is 2.22. The topological polar surface area (TPSA) is 82.5 Å². The van der Waals surface area contributed by atoms with E-state index in [0.29, 0.717) is 11.3 Å². The molecule has 74 valence electrons. The minimum absolute atomic E-state index is 0.248. The first-order chi connectivity index (χ1) is 6.65. The second kappa shape index (κ2) is 3.62. The van der Waals surface area contributed by atoms with Crippen molar-refractivity contribution in [2.45, 2.75) is 13.5 Å². The van der Waals surface area contributed by atoms with Crippen LogP contribution in [-0.4, -0.2) is 25.0 Å². The SMILES string of the molecule is Cc1nnc(Cn2nc(N)nc2Br)s1. The molecule has 0 amide bonds. The van der Waals surface area contributed by atoms with Crippen LogP contribution in [0.1, 0.15) is 10.0 Å². The molecule has 6 nitrogen and oxygen atoms in total. The largest absolute Gasteiger partial charge is 0.366 e. The number of halogens is 1. The molecule has 0 aliphatic heterocycles. The lowest BCUT2D eigenvalue weighted by Gasteiger charge is -1.95. The summed E-state index contributed by atoms with van der Waals surface area (Å²) in [5.41, 5.74) is 5.43. The van der Waals surface area contributed by atoms with Crippen LogP contribution < -0.4 is 5.73 Å². The van der Waals surface area contributed by atoms with E-state index in [9.17, 15) is 0 Å². The second-order valence-corrected chi connectivity index (χ2v) is 4.59. The molecule has 0 fully saturated rings. The summed E-state index contributed by atoms with van der Waals surface area (Å²) in [5, 5.41) is 13.7. The van der Waals surface area contributed by atoms with E-state index in [2.05, 4.69) is 36.2 Å². The Morgan fingerprint density at radius 1 is 1.50 bits per heavy atom. The van der Waals surface area contributed by atoms with E-state index in [1.165, 1.54) is 11.3 Å². The van der Waals surface area contributed by atoms with Crippen LogP contribution in [0.5, 0.6) is 0 Å². The molecule has 2 N–H and O–H groups in total. The minimum Gasteiger partial charge on any atom is -0.366 e. The van der Waals surface area contributed by atoms with Gasteiger partial charge in [0.15, 0.2) is 4.73 Å². The summed E-state index contributed by atoms with van der Waals surface area (Å²) in [7, 11) is 0. The van der Waals surface area contributed by atoms with Crippen LogP contribution >= 0.6 is 27.3 Å². The zero-order valence-corrected chi connectivity index (χ0v) is 9.71. The maximum absolute atomic E-state index is 5.43. The Labute approximate surface area is 92.3 Å². The molecule has 14 heavy (non-hydrogen) atoms. The van der Waals surface area contributed by atoms with Crippen LogP contribution in [-0.2, 0) is 6.54 Å². The Hall–Kier alpha value is -1.02. The van der Waals surface area contributed by atoms with Gasteiger partial charge in [-0.25, -0.2) is 4.68 Å². The van der Waals surface area contributed by atoms with Crippen molar-refractivity contribution in [3.63, 3.8) is 0 Å². The molecular formula is C6H7BrN6S. The average molecular weight is 275 g/mol. The van der Waals surface area contributed by atoms with E-state index in [1.807, 2.05) is 6.92 Å². The van der Waals surface area contributed by atoms with E-state index in [-0.39, 0.29) is 5.95 Å². The number of anilines is 1. The van der Waals surface area contributed by atoms with Crippen molar-refractivity contribution < 1.29 is 0 Å². The Bertz CT molecular complexity index is 449. The summed E-state index contributed by atoms with van der Waals surface area (Å²) in [6, 6.07) is 0. The van der Waals surface area contributed by atoms with Crippen LogP contribution in [0.3, 0.4) is 0 Å². The van der Waals surface area contributed by atoms with Gasteiger partial charge in [0.05, 0.1) is 6.54 Å². The summed E-state index contributed by atoms with van der Waals surface area (Å²) in [6.45, 7) is 2.45. The molecule has 0 spiro atoms. The van der Waals surface area contributed by atoms with Crippen molar-refractivity contribution in [1.29, 1.82) is 0 Å². The number of hydrogen-bond acceptors (Lipinski definition) is 6. The van der Waals surface area contributed by atoms with Crippen LogP contribution in [0.25, 0.3) is 0 Å². The first-order valence-electron chi connectivity index (χ1n) is 3.80. The maximum Gasteiger partial charge on any atom is 0.240 e. The van der Waals surface area contributed by atoms with Crippen molar-refractivity contribution in [1.82, 2.24) is 25.0 Å². The molecule has 8 heteroatoms. The highest BCUT2D eigenvalue weighted by atomic mass is 79.9. The van der Waals surface area contributed by atoms with Gasteiger partial charge >= 0.3 is 0 Å². The molecule has 2 aromatic rings.